The third-order valence-corrected chi connectivity index (χ3v) is 3.63. The Morgan fingerprint density at radius 2 is 1.08 bits per heavy atom. The Bertz CT molecular complexity index is 785. The summed E-state index contributed by atoms with van der Waals surface area (Å²) >= 11 is 0. The van der Waals surface area contributed by atoms with Crippen LogP contribution < -0.4 is 9.80 Å². The zero-order valence-electron chi connectivity index (χ0n) is 13.9. The fraction of sp³-hybridized carbons (Fsp3) is 0.158. The molecule has 25 heavy (non-hydrogen) atoms. The molecule has 6 nitrogen and oxygen atoms in total. The molecule has 0 unspecified atom stereocenters. The van der Waals surface area contributed by atoms with Gasteiger partial charge in [0, 0.05) is 13.8 Å². The van der Waals surface area contributed by atoms with Crippen molar-refractivity contribution in [2.24, 2.45) is 0 Å². The molecule has 0 aliphatic carbocycles. The molecule has 124 valence electrons. The second-order valence-electron chi connectivity index (χ2n) is 5.42. The Kier molecular flexibility index (Phi) is 5.50. The highest BCUT2D eigenvalue weighted by Gasteiger charge is 2.11. The fourth-order valence-electron chi connectivity index (χ4n) is 2.38. The lowest BCUT2D eigenvalue weighted by atomic mass is 10.0. The van der Waals surface area contributed by atoms with Crippen LogP contribution in [0.2, 0.25) is 0 Å². The molecule has 0 heterocycles. The molecule has 2 aromatic rings. The highest BCUT2D eigenvalue weighted by atomic mass is 16.2. The van der Waals surface area contributed by atoms with Crippen LogP contribution >= 0.6 is 0 Å². The molecular formula is C19H16N4O2. The maximum Gasteiger partial charge on any atom is 0.237 e. The summed E-state index contributed by atoms with van der Waals surface area (Å²) in [5.41, 5.74) is 3.09. The van der Waals surface area contributed by atoms with Gasteiger partial charge in [0.05, 0.1) is 11.4 Å². The van der Waals surface area contributed by atoms with E-state index >= 15 is 0 Å². The number of anilines is 2. The third kappa shape index (κ3) is 4.21. The zero-order chi connectivity index (χ0) is 18.4. The maximum atomic E-state index is 11.4. The molecule has 0 aliphatic rings. The number of carbonyl (C=O) groups excluding carboxylic acids is 2. The predicted molar refractivity (Wildman–Crippen MR) is 93.2 cm³/mol. The molecule has 2 rings (SSSR count). The van der Waals surface area contributed by atoms with Crippen LogP contribution in [0.3, 0.4) is 0 Å². The number of rotatable bonds is 4. The highest BCUT2D eigenvalue weighted by Crippen LogP contribution is 2.19. The first kappa shape index (κ1) is 17.7. The van der Waals surface area contributed by atoms with E-state index in [4.69, 9.17) is 10.5 Å². The van der Waals surface area contributed by atoms with E-state index in [0.29, 0.717) is 17.8 Å². The van der Waals surface area contributed by atoms with Crippen LogP contribution in [0.4, 0.5) is 11.4 Å². The van der Waals surface area contributed by atoms with Crippen molar-refractivity contribution in [3.63, 3.8) is 0 Å². The molecule has 0 aliphatic heterocycles. The van der Waals surface area contributed by atoms with E-state index in [1.54, 1.807) is 24.3 Å². The van der Waals surface area contributed by atoms with Crippen LogP contribution in [-0.4, -0.2) is 11.8 Å². The van der Waals surface area contributed by atoms with Gasteiger partial charge < -0.3 is 0 Å². The lowest BCUT2D eigenvalue weighted by Gasteiger charge is -2.13. The number of hydrogen-bond donors (Lipinski definition) is 0. The molecule has 6 heteroatoms. The molecule has 0 N–H and O–H groups in total. The summed E-state index contributed by atoms with van der Waals surface area (Å²) in [4.78, 5) is 24.8. The van der Waals surface area contributed by atoms with Gasteiger partial charge in [-0.15, -0.1) is 0 Å². The normalized spacial score (nSPS) is 9.60. The first-order chi connectivity index (χ1) is 12.0. The minimum absolute atomic E-state index is 0.335. The minimum Gasteiger partial charge on any atom is -0.274 e. The number of benzene rings is 2. The van der Waals surface area contributed by atoms with Crippen molar-refractivity contribution in [3.05, 3.63) is 59.7 Å². The van der Waals surface area contributed by atoms with Gasteiger partial charge in [-0.1, -0.05) is 24.3 Å². The monoisotopic (exact) mass is 332 g/mol. The Hall–Kier alpha value is -3.64. The molecule has 2 aromatic carbocycles. The van der Waals surface area contributed by atoms with Crippen molar-refractivity contribution in [1.82, 2.24) is 0 Å². The average molecular weight is 332 g/mol. The van der Waals surface area contributed by atoms with Gasteiger partial charge in [0.15, 0.2) is 12.4 Å². The van der Waals surface area contributed by atoms with E-state index in [1.807, 2.05) is 36.7 Å². The van der Waals surface area contributed by atoms with Gasteiger partial charge in [-0.2, -0.15) is 10.5 Å². The van der Waals surface area contributed by atoms with Crippen LogP contribution in [0, 0.1) is 22.9 Å². The van der Waals surface area contributed by atoms with Gasteiger partial charge in [-0.05, 0) is 41.8 Å². The Morgan fingerprint density at radius 3 is 1.32 bits per heavy atom. The lowest BCUT2D eigenvalue weighted by molar-refractivity contribution is -0.116. The molecule has 0 radical (unpaired) electrons. The predicted octanol–water partition coefficient (Wildman–Crippen LogP) is 2.95. The molecule has 0 saturated carbocycles. The van der Waals surface area contributed by atoms with Gasteiger partial charge in [0.2, 0.25) is 11.8 Å². The fourth-order valence-corrected chi connectivity index (χ4v) is 2.38. The molecule has 0 aromatic heterocycles. The summed E-state index contributed by atoms with van der Waals surface area (Å²) in [7, 11) is 0. The number of carbonyl (C=O) groups is 2. The highest BCUT2D eigenvalue weighted by molar-refractivity contribution is 5.94. The second kappa shape index (κ2) is 7.76. The maximum absolute atomic E-state index is 11.4. The van der Waals surface area contributed by atoms with Crippen LogP contribution in [0.1, 0.15) is 25.0 Å². The SMILES string of the molecule is CC(=O)N(C#N)c1ccc(Cc2ccc(N(C#N)C(C)=O)cc2)cc1. The number of nitrogens with zero attached hydrogens (tertiary/aromatic N) is 4. The van der Waals surface area contributed by atoms with E-state index in [1.165, 1.54) is 13.8 Å². The standard InChI is InChI=1S/C19H16N4O2/c1-14(24)22(12-20)18-7-3-16(4-8-18)11-17-5-9-19(10-6-17)23(13-21)15(2)25/h3-10H,11H2,1-2H3. The summed E-state index contributed by atoms with van der Waals surface area (Å²) in [5.74, 6) is -0.670. The summed E-state index contributed by atoms with van der Waals surface area (Å²) in [6, 6.07) is 14.3. The van der Waals surface area contributed by atoms with Crippen molar-refractivity contribution in [3.8, 4) is 12.4 Å². The molecule has 2 amide bonds. The molecule has 0 atom stereocenters. The lowest BCUT2D eigenvalue weighted by Crippen LogP contribution is -2.22. The summed E-state index contributed by atoms with van der Waals surface area (Å²) < 4.78 is 0. The second-order valence-corrected chi connectivity index (χ2v) is 5.42. The topological polar surface area (TPSA) is 88.2 Å². The van der Waals surface area contributed by atoms with E-state index in [9.17, 15) is 9.59 Å². The van der Waals surface area contributed by atoms with E-state index < -0.39 is 0 Å². The Morgan fingerprint density at radius 1 is 0.760 bits per heavy atom. The van der Waals surface area contributed by atoms with Crippen molar-refractivity contribution < 1.29 is 9.59 Å². The third-order valence-electron chi connectivity index (χ3n) is 3.63. The van der Waals surface area contributed by atoms with Crippen LogP contribution in [-0.2, 0) is 16.0 Å². The first-order valence-corrected chi connectivity index (χ1v) is 7.55. The summed E-state index contributed by atoms with van der Waals surface area (Å²) in [6.45, 7) is 2.68. The van der Waals surface area contributed by atoms with Gasteiger partial charge in [-0.3, -0.25) is 9.59 Å². The Labute approximate surface area is 146 Å². The average Bonchev–Trinajstić information content (AvgIpc) is 2.58. The summed E-state index contributed by atoms with van der Waals surface area (Å²) in [6.07, 6.45) is 4.34. The van der Waals surface area contributed by atoms with Crippen molar-refractivity contribution in [2.45, 2.75) is 20.3 Å². The van der Waals surface area contributed by atoms with Gasteiger partial charge in [-0.25, -0.2) is 9.80 Å². The smallest absolute Gasteiger partial charge is 0.237 e. The van der Waals surface area contributed by atoms with E-state index in [0.717, 1.165) is 20.9 Å². The van der Waals surface area contributed by atoms with Crippen LogP contribution in [0.5, 0.6) is 0 Å². The van der Waals surface area contributed by atoms with Crippen molar-refractivity contribution >= 4 is 23.2 Å². The Balaban J connectivity index is 2.13. The number of hydrogen-bond acceptors (Lipinski definition) is 4. The molecule has 0 fully saturated rings. The number of nitriles is 2. The number of amides is 2. The molecule has 0 bridgehead atoms. The molecule has 0 saturated heterocycles. The van der Waals surface area contributed by atoms with Gasteiger partial charge in [0.25, 0.3) is 0 Å². The van der Waals surface area contributed by atoms with Crippen molar-refractivity contribution in [1.29, 1.82) is 10.5 Å². The molecular weight excluding hydrogens is 316 g/mol. The van der Waals surface area contributed by atoms with Crippen LogP contribution in [0.25, 0.3) is 0 Å². The first-order valence-electron chi connectivity index (χ1n) is 7.55. The van der Waals surface area contributed by atoms with E-state index in [-0.39, 0.29) is 11.8 Å². The zero-order valence-corrected chi connectivity index (χ0v) is 13.9. The quantitative estimate of drug-likeness (QED) is 0.636. The van der Waals surface area contributed by atoms with Crippen LogP contribution in [0.15, 0.2) is 48.5 Å². The van der Waals surface area contributed by atoms with E-state index in [2.05, 4.69) is 0 Å². The van der Waals surface area contributed by atoms with Crippen molar-refractivity contribution in [2.75, 3.05) is 9.80 Å². The molecule has 0 spiro atoms. The largest absolute Gasteiger partial charge is 0.274 e. The summed E-state index contributed by atoms with van der Waals surface area (Å²) in [5, 5.41) is 18.0. The van der Waals surface area contributed by atoms with Gasteiger partial charge >= 0.3 is 0 Å². The minimum atomic E-state index is -0.335. The van der Waals surface area contributed by atoms with Gasteiger partial charge in [0.1, 0.15) is 0 Å².